The minimum Gasteiger partial charge on any atom is -0.479 e. The SMILES string of the molecule is Cc1cc(C)cc(N2CCC3(C=Cc4cc(N)cc(Cl)c4O3)C2)c1. The molecule has 2 aromatic rings. The maximum atomic E-state index is 6.36. The molecule has 4 rings (SSSR count). The first-order chi connectivity index (χ1) is 11.4. The number of halogens is 1. The van der Waals surface area contributed by atoms with Gasteiger partial charge in [0.05, 0.1) is 11.6 Å². The van der Waals surface area contributed by atoms with E-state index in [1.165, 1.54) is 16.8 Å². The van der Waals surface area contributed by atoms with Gasteiger partial charge in [-0.25, -0.2) is 0 Å². The highest BCUT2D eigenvalue weighted by atomic mass is 35.5. The van der Waals surface area contributed by atoms with Gasteiger partial charge in [0.15, 0.2) is 0 Å². The molecule has 0 amide bonds. The Hall–Kier alpha value is -2.13. The number of anilines is 2. The van der Waals surface area contributed by atoms with Crippen molar-refractivity contribution in [3.63, 3.8) is 0 Å². The quantitative estimate of drug-likeness (QED) is 0.771. The average Bonchev–Trinajstić information content (AvgIpc) is 2.91. The van der Waals surface area contributed by atoms with Gasteiger partial charge >= 0.3 is 0 Å². The number of benzene rings is 2. The van der Waals surface area contributed by atoms with Crippen molar-refractivity contribution in [2.24, 2.45) is 0 Å². The molecule has 1 saturated heterocycles. The minimum absolute atomic E-state index is 0.315. The number of nitrogen functional groups attached to an aromatic ring is 1. The van der Waals surface area contributed by atoms with E-state index in [4.69, 9.17) is 22.1 Å². The van der Waals surface area contributed by atoms with E-state index < -0.39 is 0 Å². The van der Waals surface area contributed by atoms with Crippen molar-refractivity contribution in [3.8, 4) is 5.75 Å². The molecule has 0 bridgehead atoms. The van der Waals surface area contributed by atoms with Crippen LogP contribution in [0.3, 0.4) is 0 Å². The van der Waals surface area contributed by atoms with E-state index in [2.05, 4.69) is 49.1 Å². The molecule has 0 aliphatic carbocycles. The molecule has 1 spiro atoms. The molecule has 2 aliphatic rings. The Morgan fingerprint density at radius 2 is 1.88 bits per heavy atom. The zero-order valence-electron chi connectivity index (χ0n) is 14.0. The number of fused-ring (bicyclic) bond motifs is 1. The Kier molecular flexibility index (Phi) is 3.50. The van der Waals surface area contributed by atoms with Crippen LogP contribution in [0.25, 0.3) is 6.08 Å². The first kappa shape index (κ1) is 15.4. The molecule has 2 aromatic carbocycles. The van der Waals surface area contributed by atoms with Crippen LogP contribution in [-0.2, 0) is 0 Å². The number of nitrogens with zero attached hydrogens (tertiary/aromatic N) is 1. The summed E-state index contributed by atoms with van der Waals surface area (Å²) in [7, 11) is 0. The average molecular weight is 341 g/mol. The molecule has 3 nitrogen and oxygen atoms in total. The van der Waals surface area contributed by atoms with Crippen LogP contribution in [0.1, 0.15) is 23.1 Å². The zero-order valence-corrected chi connectivity index (χ0v) is 14.7. The summed E-state index contributed by atoms with van der Waals surface area (Å²) in [6, 6.07) is 10.3. The molecule has 1 fully saturated rings. The van der Waals surface area contributed by atoms with Gasteiger partial charge in [-0.1, -0.05) is 23.7 Å². The van der Waals surface area contributed by atoms with Gasteiger partial charge in [0.2, 0.25) is 0 Å². The summed E-state index contributed by atoms with van der Waals surface area (Å²) in [6.07, 6.45) is 5.19. The van der Waals surface area contributed by atoms with Crippen LogP contribution in [0.2, 0.25) is 5.02 Å². The summed E-state index contributed by atoms with van der Waals surface area (Å²) in [5.74, 6) is 0.746. The number of aryl methyl sites for hydroxylation is 2. The Morgan fingerprint density at radius 1 is 1.12 bits per heavy atom. The van der Waals surface area contributed by atoms with Crippen LogP contribution in [0.5, 0.6) is 5.75 Å². The summed E-state index contributed by atoms with van der Waals surface area (Å²) in [6.45, 7) is 6.07. The van der Waals surface area contributed by atoms with Crippen molar-refractivity contribution in [1.82, 2.24) is 0 Å². The van der Waals surface area contributed by atoms with Crippen LogP contribution in [-0.4, -0.2) is 18.7 Å². The molecule has 0 radical (unpaired) electrons. The highest BCUT2D eigenvalue weighted by molar-refractivity contribution is 6.32. The molecule has 0 saturated carbocycles. The third-order valence-corrected chi connectivity index (χ3v) is 5.08. The van der Waals surface area contributed by atoms with Crippen LogP contribution in [0.15, 0.2) is 36.4 Å². The maximum absolute atomic E-state index is 6.36. The van der Waals surface area contributed by atoms with E-state index in [1.54, 1.807) is 6.07 Å². The number of rotatable bonds is 1. The lowest BCUT2D eigenvalue weighted by molar-refractivity contribution is 0.141. The molecular formula is C20H21ClN2O. The maximum Gasteiger partial charge on any atom is 0.147 e. The van der Waals surface area contributed by atoms with Crippen LogP contribution in [0, 0.1) is 13.8 Å². The molecule has 0 aromatic heterocycles. The van der Waals surface area contributed by atoms with Gasteiger partial charge in [-0.2, -0.15) is 0 Å². The standard InChI is InChI=1S/C20H21ClN2O/c1-13-7-14(2)9-17(8-13)23-6-5-20(12-23)4-3-15-10-16(22)11-18(21)19(15)24-20/h3-4,7-11H,5-6,12,22H2,1-2H3. The number of hydrogen-bond donors (Lipinski definition) is 1. The second-order valence-electron chi connectivity index (χ2n) is 6.94. The smallest absolute Gasteiger partial charge is 0.147 e. The lowest BCUT2D eigenvalue weighted by Gasteiger charge is -2.32. The van der Waals surface area contributed by atoms with E-state index in [9.17, 15) is 0 Å². The summed E-state index contributed by atoms with van der Waals surface area (Å²) >= 11 is 6.35. The van der Waals surface area contributed by atoms with E-state index in [-0.39, 0.29) is 5.60 Å². The van der Waals surface area contributed by atoms with Gasteiger partial charge in [0.1, 0.15) is 11.4 Å². The molecule has 2 N–H and O–H groups in total. The van der Waals surface area contributed by atoms with Crippen molar-refractivity contribution in [2.75, 3.05) is 23.7 Å². The van der Waals surface area contributed by atoms with Crippen LogP contribution < -0.4 is 15.4 Å². The zero-order chi connectivity index (χ0) is 16.9. The molecule has 4 heteroatoms. The summed E-state index contributed by atoms with van der Waals surface area (Å²) in [5, 5.41) is 0.582. The third kappa shape index (κ3) is 2.63. The minimum atomic E-state index is -0.315. The largest absolute Gasteiger partial charge is 0.479 e. The fraction of sp³-hybridized carbons (Fsp3) is 0.300. The topological polar surface area (TPSA) is 38.5 Å². The first-order valence-corrected chi connectivity index (χ1v) is 8.62. The fourth-order valence-corrected chi connectivity index (χ4v) is 4.00. The van der Waals surface area contributed by atoms with Crippen LogP contribution >= 0.6 is 11.6 Å². The number of ether oxygens (including phenoxy) is 1. The van der Waals surface area contributed by atoms with Gasteiger partial charge in [0.25, 0.3) is 0 Å². The third-order valence-electron chi connectivity index (χ3n) is 4.80. The fourth-order valence-electron chi connectivity index (χ4n) is 3.73. The Labute approximate surface area is 147 Å². The Morgan fingerprint density at radius 3 is 2.62 bits per heavy atom. The van der Waals surface area contributed by atoms with E-state index in [1.807, 2.05) is 6.07 Å². The van der Waals surface area contributed by atoms with E-state index in [0.717, 1.165) is 30.8 Å². The molecule has 124 valence electrons. The second kappa shape index (κ2) is 5.45. The van der Waals surface area contributed by atoms with Crippen molar-refractivity contribution in [3.05, 3.63) is 58.1 Å². The Balaban J connectivity index is 1.63. The molecular weight excluding hydrogens is 320 g/mol. The predicted molar refractivity (Wildman–Crippen MR) is 101 cm³/mol. The van der Waals surface area contributed by atoms with Crippen molar-refractivity contribution >= 4 is 29.1 Å². The van der Waals surface area contributed by atoms with Gasteiger partial charge < -0.3 is 15.4 Å². The van der Waals surface area contributed by atoms with Gasteiger partial charge in [0, 0.05) is 29.9 Å². The summed E-state index contributed by atoms with van der Waals surface area (Å²) < 4.78 is 6.36. The van der Waals surface area contributed by atoms with Gasteiger partial charge in [-0.15, -0.1) is 0 Å². The number of nitrogens with two attached hydrogens (primary N) is 1. The first-order valence-electron chi connectivity index (χ1n) is 8.25. The molecule has 24 heavy (non-hydrogen) atoms. The highest BCUT2D eigenvalue weighted by Crippen LogP contribution is 2.42. The Bertz CT molecular complexity index is 826. The van der Waals surface area contributed by atoms with Crippen LogP contribution in [0.4, 0.5) is 11.4 Å². The van der Waals surface area contributed by atoms with Crippen molar-refractivity contribution in [2.45, 2.75) is 25.9 Å². The van der Waals surface area contributed by atoms with Gasteiger partial charge in [-0.3, -0.25) is 0 Å². The monoisotopic (exact) mass is 340 g/mol. The lowest BCUT2D eigenvalue weighted by atomic mass is 9.97. The summed E-state index contributed by atoms with van der Waals surface area (Å²) in [4.78, 5) is 2.39. The normalized spacial score (nSPS) is 21.9. The molecule has 2 heterocycles. The molecule has 1 atom stereocenters. The van der Waals surface area contributed by atoms with Crippen molar-refractivity contribution < 1.29 is 4.74 Å². The number of hydrogen-bond acceptors (Lipinski definition) is 3. The van der Waals surface area contributed by atoms with Gasteiger partial charge in [-0.05, 0) is 55.3 Å². The van der Waals surface area contributed by atoms with E-state index in [0.29, 0.717) is 10.7 Å². The predicted octanol–water partition coefficient (Wildman–Crippen LogP) is 4.59. The van der Waals surface area contributed by atoms with E-state index >= 15 is 0 Å². The highest BCUT2D eigenvalue weighted by Gasteiger charge is 2.41. The van der Waals surface area contributed by atoms with Crippen molar-refractivity contribution in [1.29, 1.82) is 0 Å². The molecule has 1 unspecified atom stereocenters. The lowest BCUT2D eigenvalue weighted by Crippen LogP contribution is -2.39. The second-order valence-corrected chi connectivity index (χ2v) is 7.35. The summed E-state index contributed by atoms with van der Waals surface area (Å²) in [5.41, 5.74) is 11.0. The molecule has 2 aliphatic heterocycles.